The van der Waals surface area contributed by atoms with E-state index in [0.29, 0.717) is 0 Å². The van der Waals surface area contributed by atoms with Crippen LogP contribution in [-0.4, -0.2) is 12.5 Å². The molecule has 0 atom stereocenters. The molecule has 70 valence electrons. The fourth-order valence-corrected chi connectivity index (χ4v) is 2.93. The molecule has 1 aromatic carbocycles. The Kier molecular flexibility index (Phi) is 5.01. The SMILES string of the molecule is C=Nc1ccc(SSCCC)cc1. The van der Waals surface area contributed by atoms with Crippen molar-refractivity contribution >= 4 is 34.0 Å². The van der Waals surface area contributed by atoms with Gasteiger partial charge in [0.2, 0.25) is 0 Å². The zero-order valence-corrected chi connectivity index (χ0v) is 9.33. The Morgan fingerprint density at radius 2 is 2.00 bits per heavy atom. The fourth-order valence-electron chi connectivity index (χ4n) is 0.800. The maximum Gasteiger partial charge on any atom is 0.0623 e. The van der Waals surface area contributed by atoms with Gasteiger partial charge in [-0.1, -0.05) is 28.5 Å². The number of benzene rings is 1. The molecule has 0 bridgehead atoms. The second-order valence-corrected chi connectivity index (χ2v) is 5.05. The number of hydrogen-bond donors (Lipinski definition) is 0. The lowest BCUT2D eigenvalue weighted by Crippen LogP contribution is -1.70. The van der Waals surface area contributed by atoms with Gasteiger partial charge in [0.1, 0.15) is 0 Å². The normalized spacial score (nSPS) is 9.92. The van der Waals surface area contributed by atoms with E-state index in [4.69, 9.17) is 0 Å². The van der Waals surface area contributed by atoms with Gasteiger partial charge in [0.25, 0.3) is 0 Å². The second kappa shape index (κ2) is 6.11. The zero-order chi connectivity index (χ0) is 9.52. The maximum absolute atomic E-state index is 3.84. The molecule has 13 heavy (non-hydrogen) atoms. The molecule has 0 radical (unpaired) electrons. The quantitative estimate of drug-likeness (QED) is 0.412. The summed E-state index contributed by atoms with van der Waals surface area (Å²) in [5.41, 5.74) is 0.935. The Labute approximate surface area is 87.4 Å². The summed E-state index contributed by atoms with van der Waals surface area (Å²) in [6.45, 7) is 5.67. The Balaban J connectivity index is 2.44. The van der Waals surface area contributed by atoms with Crippen molar-refractivity contribution in [1.29, 1.82) is 0 Å². The Bertz CT molecular complexity index is 256. The molecule has 0 aromatic heterocycles. The molecule has 0 N–H and O–H groups in total. The highest BCUT2D eigenvalue weighted by molar-refractivity contribution is 8.76. The summed E-state index contributed by atoms with van der Waals surface area (Å²) >= 11 is 0. The largest absolute Gasteiger partial charge is 0.265 e. The van der Waals surface area contributed by atoms with E-state index in [9.17, 15) is 0 Å². The monoisotopic (exact) mass is 211 g/mol. The lowest BCUT2D eigenvalue weighted by atomic mass is 10.3. The van der Waals surface area contributed by atoms with E-state index in [-0.39, 0.29) is 0 Å². The van der Waals surface area contributed by atoms with Crippen LogP contribution < -0.4 is 0 Å². The topological polar surface area (TPSA) is 12.4 Å². The lowest BCUT2D eigenvalue weighted by Gasteiger charge is -1.99. The first kappa shape index (κ1) is 10.7. The van der Waals surface area contributed by atoms with Crippen molar-refractivity contribution in [3.8, 4) is 0 Å². The molecule has 1 rings (SSSR count). The first-order chi connectivity index (χ1) is 6.36. The minimum Gasteiger partial charge on any atom is -0.265 e. The van der Waals surface area contributed by atoms with Crippen LogP contribution in [0.3, 0.4) is 0 Å². The van der Waals surface area contributed by atoms with Crippen molar-refractivity contribution in [2.45, 2.75) is 18.2 Å². The smallest absolute Gasteiger partial charge is 0.0623 e. The van der Waals surface area contributed by atoms with Crippen molar-refractivity contribution in [2.75, 3.05) is 5.75 Å². The molecule has 0 saturated carbocycles. The molecule has 1 nitrogen and oxygen atoms in total. The van der Waals surface area contributed by atoms with Crippen molar-refractivity contribution < 1.29 is 0 Å². The molecular weight excluding hydrogens is 198 g/mol. The van der Waals surface area contributed by atoms with Gasteiger partial charge in [-0.05, 0) is 37.4 Å². The predicted molar refractivity (Wildman–Crippen MR) is 64.3 cm³/mol. The molecule has 0 fully saturated rings. The van der Waals surface area contributed by atoms with Gasteiger partial charge in [0, 0.05) is 10.6 Å². The highest BCUT2D eigenvalue weighted by atomic mass is 33.1. The minimum atomic E-state index is 0.935. The van der Waals surface area contributed by atoms with Gasteiger partial charge in [-0.3, -0.25) is 4.99 Å². The van der Waals surface area contributed by atoms with Crippen LogP contribution >= 0.6 is 21.6 Å². The minimum absolute atomic E-state index is 0.935. The van der Waals surface area contributed by atoms with Crippen LogP contribution in [0.1, 0.15) is 13.3 Å². The molecule has 0 unspecified atom stereocenters. The number of nitrogens with zero attached hydrogens (tertiary/aromatic N) is 1. The summed E-state index contributed by atoms with van der Waals surface area (Å²) < 4.78 is 0. The third-order valence-corrected chi connectivity index (χ3v) is 4.05. The van der Waals surface area contributed by atoms with Gasteiger partial charge in [-0.25, -0.2) is 0 Å². The van der Waals surface area contributed by atoms with Crippen LogP contribution in [0.5, 0.6) is 0 Å². The lowest BCUT2D eigenvalue weighted by molar-refractivity contribution is 1.11. The molecule has 1 aromatic rings. The van der Waals surface area contributed by atoms with Crippen molar-refractivity contribution in [1.82, 2.24) is 0 Å². The molecular formula is C10H13NS2. The first-order valence-corrected chi connectivity index (χ1v) is 6.55. The zero-order valence-electron chi connectivity index (χ0n) is 7.69. The summed E-state index contributed by atoms with van der Waals surface area (Å²) in [6.07, 6.45) is 1.23. The van der Waals surface area contributed by atoms with Crippen LogP contribution in [0.25, 0.3) is 0 Å². The van der Waals surface area contributed by atoms with Crippen LogP contribution in [0.15, 0.2) is 34.2 Å². The Morgan fingerprint density at radius 1 is 1.31 bits per heavy atom. The predicted octanol–water partition coefficient (Wildman–Crippen LogP) is 4.17. The van der Waals surface area contributed by atoms with Gasteiger partial charge >= 0.3 is 0 Å². The first-order valence-electron chi connectivity index (χ1n) is 4.23. The summed E-state index contributed by atoms with van der Waals surface area (Å²) in [6, 6.07) is 8.14. The van der Waals surface area contributed by atoms with E-state index in [1.165, 1.54) is 17.1 Å². The van der Waals surface area contributed by atoms with Gasteiger partial charge in [-0.2, -0.15) is 0 Å². The van der Waals surface area contributed by atoms with Crippen LogP contribution in [-0.2, 0) is 0 Å². The van der Waals surface area contributed by atoms with Crippen LogP contribution in [0.2, 0.25) is 0 Å². The Morgan fingerprint density at radius 3 is 2.54 bits per heavy atom. The maximum atomic E-state index is 3.84. The van der Waals surface area contributed by atoms with Gasteiger partial charge in [-0.15, -0.1) is 0 Å². The standard InChI is InChI=1S/C10H13NS2/c1-3-8-12-13-10-6-4-9(11-2)5-7-10/h4-7H,2-3,8H2,1H3. The van der Waals surface area contributed by atoms with E-state index >= 15 is 0 Å². The summed E-state index contributed by atoms with van der Waals surface area (Å²) in [5.74, 6) is 1.20. The van der Waals surface area contributed by atoms with Crippen LogP contribution in [0, 0.1) is 0 Å². The fraction of sp³-hybridized carbons (Fsp3) is 0.300. The summed E-state index contributed by atoms with van der Waals surface area (Å²) in [7, 11) is 3.71. The van der Waals surface area contributed by atoms with E-state index < -0.39 is 0 Å². The van der Waals surface area contributed by atoms with Crippen LogP contribution in [0.4, 0.5) is 5.69 Å². The van der Waals surface area contributed by atoms with Gasteiger partial charge in [0.05, 0.1) is 5.69 Å². The molecule has 0 heterocycles. The van der Waals surface area contributed by atoms with E-state index in [0.717, 1.165) is 5.69 Å². The highest BCUT2D eigenvalue weighted by Gasteiger charge is 1.93. The second-order valence-electron chi connectivity index (χ2n) is 2.56. The average Bonchev–Trinajstić information content (AvgIpc) is 2.19. The molecule has 0 aliphatic carbocycles. The third kappa shape index (κ3) is 3.87. The highest BCUT2D eigenvalue weighted by Crippen LogP contribution is 2.32. The van der Waals surface area contributed by atoms with E-state index in [1.807, 2.05) is 33.7 Å². The third-order valence-electron chi connectivity index (χ3n) is 1.46. The Hall–Kier alpha value is -0.410. The molecule has 3 heteroatoms. The van der Waals surface area contributed by atoms with Crippen molar-refractivity contribution in [3.63, 3.8) is 0 Å². The number of aliphatic imine (C=N–C) groups is 1. The number of rotatable bonds is 5. The molecule has 0 saturated heterocycles. The molecule has 0 aliphatic rings. The number of hydrogen-bond acceptors (Lipinski definition) is 3. The average molecular weight is 211 g/mol. The molecule has 0 spiro atoms. The van der Waals surface area contributed by atoms with Crippen molar-refractivity contribution in [2.24, 2.45) is 4.99 Å². The summed E-state index contributed by atoms with van der Waals surface area (Å²) in [5, 5.41) is 0. The van der Waals surface area contributed by atoms with Gasteiger partial charge in [0.15, 0.2) is 0 Å². The van der Waals surface area contributed by atoms with Gasteiger partial charge < -0.3 is 0 Å². The van der Waals surface area contributed by atoms with E-state index in [1.54, 1.807) is 0 Å². The molecule has 0 aliphatic heterocycles. The van der Waals surface area contributed by atoms with Crippen molar-refractivity contribution in [3.05, 3.63) is 24.3 Å². The molecule has 0 amide bonds. The van der Waals surface area contributed by atoms with E-state index in [2.05, 4.69) is 30.8 Å². The summed E-state index contributed by atoms with van der Waals surface area (Å²) in [4.78, 5) is 5.13.